The Labute approximate surface area is 138 Å². The summed E-state index contributed by atoms with van der Waals surface area (Å²) in [5.41, 5.74) is 4.42. The molecule has 0 fully saturated rings. The van der Waals surface area contributed by atoms with Gasteiger partial charge in [-0.3, -0.25) is 19.4 Å². The molecule has 0 N–H and O–H groups in total. The molecule has 0 radical (unpaired) electrons. The lowest BCUT2D eigenvalue weighted by molar-refractivity contribution is -0.130. The van der Waals surface area contributed by atoms with Gasteiger partial charge in [0.25, 0.3) is 0 Å². The number of hydrazone groups is 1. The molecule has 120 valence electrons. The first kappa shape index (κ1) is 14.5. The van der Waals surface area contributed by atoms with Gasteiger partial charge in [0.15, 0.2) is 0 Å². The van der Waals surface area contributed by atoms with Gasteiger partial charge in [-0.05, 0) is 23.8 Å². The summed E-state index contributed by atoms with van der Waals surface area (Å²) in [5, 5.41) is 10.3. The van der Waals surface area contributed by atoms with Gasteiger partial charge in [0, 0.05) is 39.0 Å². The topological polar surface area (TPSA) is 76.3 Å². The highest BCUT2D eigenvalue weighted by Crippen LogP contribution is 2.33. The third-order valence-electron chi connectivity index (χ3n) is 4.23. The van der Waals surface area contributed by atoms with E-state index in [1.807, 2.05) is 31.3 Å². The van der Waals surface area contributed by atoms with E-state index in [4.69, 9.17) is 0 Å². The molecule has 0 saturated heterocycles. The number of aryl methyl sites for hydroxylation is 1. The average molecular weight is 320 g/mol. The van der Waals surface area contributed by atoms with Crippen molar-refractivity contribution in [1.82, 2.24) is 24.8 Å². The lowest BCUT2D eigenvalue weighted by Gasteiger charge is -2.20. The third-order valence-corrected chi connectivity index (χ3v) is 4.23. The molecule has 0 spiro atoms. The molecule has 1 aromatic carbocycles. The van der Waals surface area contributed by atoms with Crippen LogP contribution in [0, 0.1) is 0 Å². The summed E-state index contributed by atoms with van der Waals surface area (Å²) >= 11 is 0. The van der Waals surface area contributed by atoms with Gasteiger partial charge in [-0.2, -0.15) is 10.2 Å². The Hall–Kier alpha value is -3.09. The smallest absolute Gasteiger partial charge is 0.240 e. The van der Waals surface area contributed by atoms with Gasteiger partial charge < -0.3 is 0 Å². The Morgan fingerprint density at radius 3 is 2.62 bits per heavy atom. The molecule has 0 bridgehead atoms. The number of benzene rings is 1. The summed E-state index contributed by atoms with van der Waals surface area (Å²) in [6.07, 6.45) is 5.71. The first-order chi connectivity index (χ1) is 11.6. The molecule has 1 aliphatic heterocycles. The highest BCUT2D eigenvalue weighted by atomic mass is 16.2. The van der Waals surface area contributed by atoms with Crippen LogP contribution in [0.15, 0.2) is 48.0 Å². The zero-order chi connectivity index (χ0) is 16.7. The first-order valence-corrected chi connectivity index (χ1v) is 7.70. The van der Waals surface area contributed by atoms with E-state index in [0.717, 1.165) is 28.0 Å². The number of hydrogen-bond acceptors (Lipinski definition) is 5. The maximum absolute atomic E-state index is 12.1. The van der Waals surface area contributed by atoms with Crippen molar-refractivity contribution in [2.45, 2.75) is 19.4 Å². The molecule has 7 nitrogen and oxygen atoms in total. The van der Waals surface area contributed by atoms with E-state index in [1.54, 1.807) is 28.3 Å². The summed E-state index contributed by atoms with van der Waals surface area (Å²) in [6.45, 7) is 1.53. The van der Waals surface area contributed by atoms with E-state index < -0.39 is 0 Å². The molecule has 2 aromatic heterocycles. The number of hydrogen-bond donors (Lipinski definition) is 0. The molecule has 1 unspecified atom stereocenters. The van der Waals surface area contributed by atoms with Crippen molar-refractivity contribution in [3.05, 3.63) is 54.1 Å². The maximum atomic E-state index is 12.1. The van der Waals surface area contributed by atoms with E-state index in [9.17, 15) is 4.79 Å². The van der Waals surface area contributed by atoms with Crippen LogP contribution in [-0.4, -0.2) is 36.4 Å². The molecule has 1 atom stereocenters. The van der Waals surface area contributed by atoms with Crippen LogP contribution in [0.2, 0.25) is 0 Å². The van der Waals surface area contributed by atoms with Gasteiger partial charge in [0.05, 0.1) is 28.5 Å². The quantitative estimate of drug-likeness (QED) is 0.724. The van der Waals surface area contributed by atoms with E-state index in [-0.39, 0.29) is 11.9 Å². The summed E-state index contributed by atoms with van der Waals surface area (Å²) < 4.78 is 1.77. The molecule has 7 heteroatoms. The zero-order valence-corrected chi connectivity index (χ0v) is 13.4. The normalized spacial score (nSPS) is 17.3. The van der Waals surface area contributed by atoms with Crippen LogP contribution in [-0.2, 0) is 11.8 Å². The summed E-state index contributed by atoms with van der Waals surface area (Å²) in [6, 6.07) is 7.66. The number of amides is 1. The fraction of sp³-hybridized carbons (Fsp3) is 0.235. The third kappa shape index (κ3) is 2.34. The fourth-order valence-corrected chi connectivity index (χ4v) is 3.06. The molecule has 0 aliphatic carbocycles. The number of rotatable bonds is 2. The van der Waals surface area contributed by atoms with Crippen molar-refractivity contribution >= 4 is 22.7 Å². The largest absolute Gasteiger partial charge is 0.273 e. The summed E-state index contributed by atoms with van der Waals surface area (Å²) in [5.74, 6) is -0.0867. The van der Waals surface area contributed by atoms with Crippen molar-refractivity contribution in [3.8, 4) is 0 Å². The minimum atomic E-state index is -0.140. The van der Waals surface area contributed by atoms with Gasteiger partial charge in [0.1, 0.15) is 0 Å². The van der Waals surface area contributed by atoms with Gasteiger partial charge >= 0.3 is 0 Å². The minimum absolute atomic E-state index is 0.0867. The van der Waals surface area contributed by atoms with Crippen LogP contribution >= 0.6 is 0 Å². The summed E-state index contributed by atoms with van der Waals surface area (Å²) in [4.78, 5) is 20.7. The van der Waals surface area contributed by atoms with Crippen LogP contribution in [0.3, 0.4) is 0 Å². The van der Waals surface area contributed by atoms with Gasteiger partial charge in [0.2, 0.25) is 5.91 Å². The van der Waals surface area contributed by atoms with Crippen LogP contribution in [0.5, 0.6) is 0 Å². The highest BCUT2D eigenvalue weighted by Gasteiger charge is 2.32. The van der Waals surface area contributed by atoms with Crippen LogP contribution < -0.4 is 0 Å². The standard InChI is InChI=1S/C17H16N6O/c1-11(24)23-17(10-15(21-23)16-5-6-20-22(16)2)12-3-4-13-14(9-12)19-8-7-18-13/h3-9,17H,10H2,1-2H3. The maximum Gasteiger partial charge on any atom is 0.240 e. The Bertz CT molecular complexity index is 960. The van der Waals surface area contributed by atoms with Gasteiger partial charge in [-0.1, -0.05) is 6.07 Å². The van der Waals surface area contributed by atoms with Crippen molar-refractivity contribution in [2.24, 2.45) is 12.1 Å². The molecule has 1 amide bonds. The molecular weight excluding hydrogens is 304 g/mol. The number of nitrogens with zero attached hydrogens (tertiary/aromatic N) is 6. The van der Waals surface area contributed by atoms with Crippen molar-refractivity contribution < 1.29 is 4.79 Å². The molecule has 0 saturated carbocycles. The van der Waals surface area contributed by atoms with Crippen molar-refractivity contribution in [2.75, 3.05) is 0 Å². The lowest BCUT2D eigenvalue weighted by atomic mass is 10.00. The monoisotopic (exact) mass is 320 g/mol. The Kier molecular flexibility index (Phi) is 3.34. The van der Waals surface area contributed by atoms with E-state index >= 15 is 0 Å². The number of carbonyl (C=O) groups is 1. The fourth-order valence-electron chi connectivity index (χ4n) is 3.06. The second-order valence-corrected chi connectivity index (χ2v) is 5.77. The van der Waals surface area contributed by atoms with E-state index in [2.05, 4.69) is 20.2 Å². The van der Waals surface area contributed by atoms with Gasteiger partial charge in [-0.15, -0.1) is 0 Å². The SMILES string of the molecule is CC(=O)N1N=C(c2ccnn2C)CC1c1ccc2nccnc2c1. The van der Waals surface area contributed by atoms with Crippen molar-refractivity contribution in [3.63, 3.8) is 0 Å². The van der Waals surface area contributed by atoms with E-state index in [0.29, 0.717) is 6.42 Å². The van der Waals surface area contributed by atoms with Gasteiger partial charge in [-0.25, -0.2) is 5.01 Å². The van der Waals surface area contributed by atoms with Crippen LogP contribution in [0.4, 0.5) is 0 Å². The zero-order valence-electron chi connectivity index (χ0n) is 13.4. The lowest BCUT2D eigenvalue weighted by Crippen LogP contribution is -2.24. The Morgan fingerprint density at radius 2 is 1.92 bits per heavy atom. The predicted octanol–water partition coefficient (Wildman–Crippen LogP) is 2.06. The Balaban J connectivity index is 1.74. The van der Waals surface area contributed by atoms with E-state index in [1.165, 1.54) is 6.92 Å². The van der Waals surface area contributed by atoms with Crippen molar-refractivity contribution in [1.29, 1.82) is 0 Å². The first-order valence-electron chi connectivity index (χ1n) is 7.70. The molecule has 24 heavy (non-hydrogen) atoms. The number of fused-ring (bicyclic) bond motifs is 1. The molecule has 1 aliphatic rings. The van der Waals surface area contributed by atoms with Crippen LogP contribution in [0.1, 0.15) is 30.6 Å². The average Bonchev–Trinajstić information content (AvgIpc) is 3.20. The predicted molar refractivity (Wildman–Crippen MR) is 89.2 cm³/mol. The molecular formula is C17H16N6O. The summed E-state index contributed by atoms with van der Waals surface area (Å²) in [7, 11) is 1.87. The second-order valence-electron chi connectivity index (χ2n) is 5.77. The molecule has 3 aromatic rings. The highest BCUT2D eigenvalue weighted by molar-refractivity contribution is 6.01. The number of carbonyl (C=O) groups excluding carboxylic acids is 1. The molecule has 4 rings (SSSR count). The van der Waals surface area contributed by atoms with Crippen LogP contribution in [0.25, 0.3) is 11.0 Å². The Morgan fingerprint density at radius 1 is 1.12 bits per heavy atom. The number of aromatic nitrogens is 4. The second kappa shape index (κ2) is 5.52. The minimum Gasteiger partial charge on any atom is -0.273 e. The molecule has 3 heterocycles.